The topological polar surface area (TPSA) is 47.4 Å². The number of carbonyl (C=O) groups excluding carboxylic acids is 1. The number of ether oxygens (including phenoxy) is 1. The summed E-state index contributed by atoms with van der Waals surface area (Å²) in [6, 6.07) is 1.92. The summed E-state index contributed by atoms with van der Waals surface area (Å²) in [4.78, 5) is 13.1. The third-order valence-corrected chi connectivity index (χ3v) is 2.20. The molecular formula is C10H17N3O2. The highest BCUT2D eigenvalue weighted by Gasteiger charge is 2.10. The molecule has 0 bridgehead atoms. The van der Waals surface area contributed by atoms with Gasteiger partial charge in [-0.2, -0.15) is 5.10 Å². The zero-order chi connectivity index (χ0) is 11.3. The van der Waals surface area contributed by atoms with Crippen molar-refractivity contribution in [3.8, 4) is 0 Å². The van der Waals surface area contributed by atoms with E-state index in [1.54, 1.807) is 18.1 Å². The minimum absolute atomic E-state index is 0.0265. The molecule has 1 amide bonds. The van der Waals surface area contributed by atoms with Crippen LogP contribution in [0, 0.1) is 0 Å². The zero-order valence-electron chi connectivity index (χ0n) is 9.43. The SMILES string of the molecule is CCn1nccc1CN(C)C(=O)COC. The quantitative estimate of drug-likeness (QED) is 0.713. The highest BCUT2D eigenvalue weighted by Crippen LogP contribution is 2.03. The van der Waals surface area contributed by atoms with Crippen molar-refractivity contribution in [1.29, 1.82) is 0 Å². The molecular weight excluding hydrogens is 194 g/mol. The number of methoxy groups -OCH3 is 1. The number of carbonyl (C=O) groups is 1. The van der Waals surface area contributed by atoms with Crippen molar-refractivity contribution in [2.24, 2.45) is 0 Å². The van der Waals surface area contributed by atoms with E-state index in [2.05, 4.69) is 5.10 Å². The molecule has 0 saturated carbocycles. The molecule has 0 radical (unpaired) electrons. The van der Waals surface area contributed by atoms with Gasteiger partial charge in [0.2, 0.25) is 5.91 Å². The Bertz CT molecular complexity index is 322. The predicted molar refractivity (Wildman–Crippen MR) is 56.3 cm³/mol. The Balaban J connectivity index is 2.57. The second kappa shape index (κ2) is 5.50. The van der Waals surface area contributed by atoms with E-state index in [0.29, 0.717) is 6.54 Å². The third kappa shape index (κ3) is 3.06. The van der Waals surface area contributed by atoms with Gasteiger partial charge in [-0.3, -0.25) is 9.48 Å². The van der Waals surface area contributed by atoms with Crippen LogP contribution in [0.1, 0.15) is 12.6 Å². The summed E-state index contributed by atoms with van der Waals surface area (Å²) < 4.78 is 6.66. The molecule has 0 aromatic carbocycles. The first-order valence-corrected chi connectivity index (χ1v) is 4.92. The second-order valence-electron chi connectivity index (χ2n) is 3.32. The van der Waals surface area contributed by atoms with Crippen LogP contribution >= 0.6 is 0 Å². The number of aromatic nitrogens is 2. The summed E-state index contributed by atoms with van der Waals surface area (Å²) in [7, 11) is 3.27. The molecule has 0 aliphatic heterocycles. The molecule has 1 rings (SSSR count). The normalized spacial score (nSPS) is 10.3. The van der Waals surface area contributed by atoms with Crippen LogP contribution in [0.25, 0.3) is 0 Å². The molecule has 0 spiro atoms. The number of amides is 1. The lowest BCUT2D eigenvalue weighted by Gasteiger charge is -2.17. The molecule has 0 unspecified atom stereocenters. The van der Waals surface area contributed by atoms with Crippen molar-refractivity contribution in [1.82, 2.24) is 14.7 Å². The second-order valence-corrected chi connectivity index (χ2v) is 3.32. The summed E-state index contributed by atoms with van der Waals surface area (Å²) in [6.07, 6.45) is 1.74. The van der Waals surface area contributed by atoms with E-state index in [1.165, 1.54) is 7.11 Å². The summed E-state index contributed by atoms with van der Waals surface area (Å²) >= 11 is 0. The van der Waals surface area contributed by atoms with Crippen LogP contribution in [0.5, 0.6) is 0 Å². The van der Waals surface area contributed by atoms with E-state index < -0.39 is 0 Å². The van der Waals surface area contributed by atoms with Crippen LogP contribution in [0.3, 0.4) is 0 Å². The van der Waals surface area contributed by atoms with Gasteiger partial charge in [-0.1, -0.05) is 0 Å². The number of rotatable bonds is 5. The van der Waals surface area contributed by atoms with Crippen LogP contribution < -0.4 is 0 Å². The lowest BCUT2D eigenvalue weighted by molar-refractivity contribution is -0.134. The van der Waals surface area contributed by atoms with Crippen LogP contribution in [-0.4, -0.2) is 41.4 Å². The van der Waals surface area contributed by atoms with Crippen LogP contribution in [0.4, 0.5) is 0 Å². The maximum absolute atomic E-state index is 11.4. The van der Waals surface area contributed by atoms with Crippen molar-refractivity contribution in [2.45, 2.75) is 20.0 Å². The Morgan fingerprint density at radius 2 is 2.40 bits per heavy atom. The summed E-state index contributed by atoms with van der Waals surface area (Å²) in [6.45, 7) is 3.52. The standard InChI is InChI=1S/C10H17N3O2/c1-4-13-9(5-6-11-13)7-12(2)10(14)8-15-3/h5-6H,4,7-8H2,1-3H3. The Labute approximate surface area is 89.6 Å². The molecule has 15 heavy (non-hydrogen) atoms. The fourth-order valence-corrected chi connectivity index (χ4v) is 1.34. The average Bonchev–Trinajstić information content (AvgIpc) is 2.65. The number of likely N-dealkylation sites (N-methyl/N-ethyl adjacent to an activating group) is 1. The van der Waals surface area contributed by atoms with Crippen molar-refractivity contribution >= 4 is 5.91 Å². The fraction of sp³-hybridized carbons (Fsp3) is 0.600. The van der Waals surface area contributed by atoms with E-state index in [4.69, 9.17) is 4.74 Å². The molecule has 0 atom stereocenters. The van der Waals surface area contributed by atoms with Gasteiger partial charge in [-0.15, -0.1) is 0 Å². The number of aryl methyl sites for hydroxylation is 1. The van der Waals surface area contributed by atoms with Crippen LogP contribution in [-0.2, 0) is 22.6 Å². The molecule has 5 heteroatoms. The molecule has 1 heterocycles. The highest BCUT2D eigenvalue weighted by molar-refractivity contribution is 5.77. The van der Waals surface area contributed by atoms with Gasteiger partial charge in [0, 0.05) is 26.9 Å². The molecule has 84 valence electrons. The van der Waals surface area contributed by atoms with Crippen molar-refractivity contribution in [3.05, 3.63) is 18.0 Å². The van der Waals surface area contributed by atoms with E-state index in [1.807, 2.05) is 17.7 Å². The first-order chi connectivity index (χ1) is 7.19. The van der Waals surface area contributed by atoms with Gasteiger partial charge in [-0.05, 0) is 13.0 Å². The zero-order valence-corrected chi connectivity index (χ0v) is 9.43. The van der Waals surface area contributed by atoms with E-state index in [-0.39, 0.29) is 12.5 Å². The van der Waals surface area contributed by atoms with E-state index in [9.17, 15) is 4.79 Å². The maximum atomic E-state index is 11.4. The van der Waals surface area contributed by atoms with E-state index >= 15 is 0 Å². The molecule has 0 saturated heterocycles. The Morgan fingerprint density at radius 3 is 3.00 bits per heavy atom. The Morgan fingerprint density at radius 1 is 1.67 bits per heavy atom. The maximum Gasteiger partial charge on any atom is 0.248 e. The van der Waals surface area contributed by atoms with Gasteiger partial charge >= 0.3 is 0 Å². The van der Waals surface area contributed by atoms with E-state index in [0.717, 1.165) is 12.2 Å². The largest absolute Gasteiger partial charge is 0.375 e. The van der Waals surface area contributed by atoms with Crippen LogP contribution in [0.2, 0.25) is 0 Å². The van der Waals surface area contributed by atoms with Crippen molar-refractivity contribution in [2.75, 3.05) is 20.8 Å². The number of hydrogen-bond acceptors (Lipinski definition) is 3. The highest BCUT2D eigenvalue weighted by atomic mass is 16.5. The Kier molecular flexibility index (Phi) is 4.30. The van der Waals surface area contributed by atoms with Crippen LogP contribution in [0.15, 0.2) is 12.3 Å². The molecule has 0 aliphatic rings. The minimum atomic E-state index is -0.0265. The first kappa shape index (κ1) is 11.7. The molecule has 0 N–H and O–H groups in total. The Hall–Kier alpha value is -1.36. The molecule has 0 fully saturated rings. The van der Waals surface area contributed by atoms with Gasteiger partial charge in [0.15, 0.2) is 0 Å². The van der Waals surface area contributed by atoms with Gasteiger partial charge < -0.3 is 9.64 Å². The third-order valence-electron chi connectivity index (χ3n) is 2.20. The lowest BCUT2D eigenvalue weighted by Crippen LogP contribution is -2.30. The monoisotopic (exact) mass is 211 g/mol. The van der Waals surface area contributed by atoms with Gasteiger partial charge in [0.05, 0.1) is 12.2 Å². The van der Waals surface area contributed by atoms with Crippen molar-refractivity contribution < 1.29 is 9.53 Å². The molecule has 1 aromatic rings. The van der Waals surface area contributed by atoms with Gasteiger partial charge in [0.1, 0.15) is 6.61 Å². The predicted octanol–water partition coefficient (Wildman–Crippen LogP) is 0.508. The summed E-state index contributed by atoms with van der Waals surface area (Å²) in [5, 5.41) is 4.14. The lowest BCUT2D eigenvalue weighted by atomic mass is 10.4. The van der Waals surface area contributed by atoms with Gasteiger partial charge in [-0.25, -0.2) is 0 Å². The smallest absolute Gasteiger partial charge is 0.248 e. The minimum Gasteiger partial charge on any atom is -0.375 e. The van der Waals surface area contributed by atoms with Crippen molar-refractivity contribution in [3.63, 3.8) is 0 Å². The molecule has 0 aliphatic carbocycles. The molecule has 5 nitrogen and oxygen atoms in total. The summed E-state index contributed by atoms with van der Waals surface area (Å²) in [5.41, 5.74) is 1.03. The van der Waals surface area contributed by atoms with Gasteiger partial charge in [0.25, 0.3) is 0 Å². The summed E-state index contributed by atoms with van der Waals surface area (Å²) in [5.74, 6) is -0.0265. The number of hydrogen-bond donors (Lipinski definition) is 0. The fourth-order valence-electron chi connectivity index (χ4n) is 1.34. The average molecular weight is 211 g/mol. The number of nitrogens with zero attached hydrogens (tertiary/aromatic N) is 3. The first-order valence-electron chi connectivity index (χ1n) is 4.92. The molecule has 1 aromatic heterocycles.